The van der Waals surface area contributed by atoms with Crippen molar-refractivity contribution in [2.24, 2.45) is 0 Å². The first-order valence-electron chi connectivity index (χ1n) is 9.28. The molecule has 2 amide bonds. The lowest BCUT2D eigenvalue weighted by atomic mass is 10.2. The summed E-state index contributed by atoms with van der Waals surface area (Å²) in [7, 11) is 0. The Balaban J connectivity index is 1.55. The minimum absolute atomic E-state index is 0.324. The summed E-state index contributed by atoms with van der Waals surface area (Å²) in [6, 6.07) is 16.7. The highest BCUT2D eigenvalue weighted by Crippen LogP contribution is 2.23. The topological polar surface area (TPSA) is 58.2 Å². The minimum Gasteiger partial charge on any atom is -0.323 e. The molecular formula is C24H16Cl4N2O2. The molecule has 0 fully saturated rings. The van der Waals surface area contributed by atoms with Crippen LogP contribution in [0, 0.1) is 0 Å². The predicted molar refractivity (Wildman–Crippen MR) is 135 cm³/mol. The Hall–Kier alpha value is -2.76. The summed E-state index contributed by atoms with van der Waals surface area (Å²) in [5.74, 6) is -0.647. The van der Waals surface area contributed by atoms with Crippen molar-refractivity contribution in [1.82, 2.24) is 0 Å². The maximum absolute atomic E-state index is 12.1. The number of hydrogen-bond donors (Lipinski definition) is 2. The minimum atomic E-state index is -0.324. The Bertz CT molecular complexity index is 1110. The summed E-state index contributed by atoms with van der Waals surface area (Å²) in [5.41, 5.74) is 2.50. The zero-order valence-corrected chi connectivity index (χ0v) is 19.4. The summed E-state index contributed by atoms with van der Waals surface area (Å²) in [5, 5.41) is 7.42. The van der Waals surface area contributed by atoms with Crippen molar-refractivity contribution in [3.63, 3.8) is 0 Å². The molecule has 0 atom stereocenters. The number of nitrogens with one attached hydrogen (secondary N) is 2. The van der Waals surface area contributed by atoms with E-state index in [4.69, 9.17) is 46.4 Å². The zero-order valence-electron chi connectivity index (χ0n) is 16.4. The molecule has 0 aromatic heterocycles. The van der Waals surface area contributed by atoms with E-state index in [1.165, 1.54) is 12.2 Å². The van der Waals surface area contributed by atoms with Gasteiger partial charge in [0.05, 0.1) is 0 Å². The number of hydrogen-bond acceptors (Lipinski definition) is 2. The molecular weight excluding hydrogens is 490 g/mol. The molecule has 3 aromatic rings. The SMILES string of the molecule is O=C(/C=C/c1ccc(Cl)cc1Cl)Nc1ccc(NC(=O)/C=C/c2ccc(Cl)cc2Cl)cc1. The van der Waals surface area contributed by atoms with E-state index < -0.39 is 0 Å². The van der Waals surface area contributed by atoms with Gasteiger partial charge in [0.2, 0.25) is 11.8 Å². The normalized spacial score (nSPS) is 11.1. The van der Waals surface area contributed by atoms with Crippen LogP contribution in [0.15, 0.2) is 72.8 Å². The molecule has 0 aliphatic rings. The van der Waals surface area contributed by atoms with Crippen molar-refractivity contribution in [1.29, 1.82) is 0 Å². The van der Waals surface area contributed by atoms with E-state index in [-0.39, 0.29) is 11.8 Å². The fourth-order valence-corrected chi connectivity index (χ4v) is 3.55. The maximum atomic E-state index is 12.1. The van der Waals surface area contributed by atoms with Gasteiger partial charge in [0.1, 0.15) is 0 Å². The summed E-state index contributed by atoms with van der Waals surface area (Å²) >= 11 is 23.9. The van der Waals surface area contributed by atoms with Crippen molar-refractivity contribution >= 4 is 81.7 Å². The quantitative estimate of drug-likeness (QED) is 0.339. The molecule has 0 saturated carbocycles. The van der Waals surface area contributed by atoms with Crippen molar-refractivity contribution in [3.05, 3.63) is 104 Å². The van der Waals surface area contributed by atoms with Crippen LogP contribution in [0.3, 0.4) is 0 Å². The third kappa shape index (κ3) is 7.14. The number of carbonyl (C=O) groups is 2. The van der Waals surface area contributed by atoms with E-state index in [2.05, 4.69) is 10.6 Å². The van der Waals surface area contributed by atoms with Gasteiger partial charge in [-0.25, -0.2) is 0 Å². The molecule has 0 heterocycles. The molecule has 2 N–H and O–H groups in total. The lowest BCUT2D eigenvalue weighted by molar-refractivity contribution is -0.112. The molecule has 0 saturated heterocycles. The number of carbonyl (C=O) groups excluding carboxylic acids is 2. The van der Waals surface area contributed by atoms with Crippen molar-refractivity contribution < 1.29 is 9.59 Å². The number of rotatable bonds is 6. The second-order valence-electron chi connectivity index (χ2n) is 6.55. The van der Waals surface area contributed by atoms with Gasteiger partial charge in [-0.15, -0.1) is 0 Å². The van der Waals surface area contributed by atoms with Crippen LogP contribution in [-0.2, 0) is 9.59 Å². The number of amides is 2. The van der Waals surface area contributed by atoms with Gasteiger partial charge in [0.15, 0.2) is 0 Å². The number of halogens is 4. The molecule has 4 nitrogen and oxygen atoms in total. The summed E-state index contributed by atoms with van der Waals surface area (Å²) in [6.45, 7) is 0. The van der Waals surface area contributed by atoms with Crippen LogP contribution in [0.2, 0.25) is 20.1 Å². The van der Waals surface area contributed by atoms with E-state index in [1.807, 2.05) is 0 Å². The molecule has 0 spiro atoms. The Morgan fingerprint density at radius 2 is 0.969 bits per heavy atom. The van der Waals surface area contributed by atoms with Crippen LogP contribution in [0.25, 0.3) is 12.2 Å². The molecule has 0 aliphatic carbocycles. The highest BCUT2D eigenvalue weighted by atomic mass is 35.5. The van der Waals surface area contributed by atoms with Gasteiger partial charge < -0.3 is 10.6 Å². The average Bonchev–Trinajstić information content (AvgIpc) is 2.74. The summed E-state index contributed by atoms with van der Waals surface area (Å²) < 4.78 is 0. The first-order valence-corrected chi connectivity index (χ1v) is 10.8. The highest BCUT2D eigenvalue weighted by Gasteiger charge is 2.03. The van der Waals surface area contributed by atoms with E-state index in [1.54, 1.807) is 72.8 Å². The Labute approximate surface area is 205 Å². The van der Waals surface area contributed by atoms with Crippen LogP contribution in [0.1, 0.15) is 11.1 Å². The van der Waals surface area contributed by atoms with E-state index in [0.29, 0.717) is 42.6 Å². The van der Waals surface area contributed by atoms with Crippen molar-refractivity contribution in [2.75, 3.05) is 10.6 Å². The molecule has 3 rings (SSSR count). The van der Waals surface area contributed by atoms with Gasteiger partial charge in [-0.05, 0) is 71.8 Å². The molecule has 0 bridgehead atoms. The Morgan fingerprint density at radius 1 is 0.594 bits per heavy atom. The molecule has 0 unspecified atom stereocenters. The zero-order chi connectivity index (χ0) is 23.1. The fourth-order valence-electron chi connectivity index (χ4n) is 2.61. The van der Waals surface area contributed by atoms with Gasteiger partial charge in [-0.1, -0.05) is 58.5 Å². The summed E-state index contributed by atoms with van der Waals surface area (Å²) in [4.78, 5) is 24.3. The smallest absolute Gasteiger partial charge is 0.248 e. The maximum Gasteiger partial charge on any atom is 0.248 e. The number of anilines is 2. The van der Waals surface area contributed by atoms with E-state index >= 15 is 0 Å². The number of benzene rings is 3. The van der Waals surface area contributed by atoms with E-state index in [9.17, 15) is 9.59 Å². The van der Waals surface area contributed by atoms with Gasteiger partial charge >= 0.3 is 0 Å². The Kier molecular flexibility index (Phi) is 8.37. The van der Waals surface area contributed by atoms with Crippen molar-refractivity contribution in [2.45, 2.75) is 0 Å². The molecule has 162 valence electrons. The fraction of sp³-hybridized carbons (Fsp3) is 0. The van der Waals surface area contributed by atoms with E-state index in [0.717, 1.165) is 0 Å². The van der Waals surface area contributed by atoms with Crippen molar-refractivity contribution in [3.8, 4) is 0 Å². The molecule has 8 heteroatoms. The Morgan fingerprint density at radius 3 is 1.31 bits per heavy atom. The van der Waals surface area contributed by atoms with Crippen LogP contribution in [0.5, 0.6) is 0 Å². The van der Waals surface area contributed by atoms with Gasteiger partial charge in [-0.3, -0.25) is 9.59 Å². The first kappa shape index (κ1) is 23.9. The monoisotopic (exact) mass is 504 g/mol. The van der Waals surface area contributed by atoms with Crippen LogP contribution in [0.4, 0.5) is 11.4 Å². The van der Waals surface area contributed by atoms with Crippen LogP contribution >= 0.6 is 46.4 Å². The van der Waals surface area contributed by atoms with Gasteiger partial charge in [0, 0.05) is 43.6 Å². The molecule has 0 aliphatic heterocycles. The van der Waals surface area contributed by atoms with Crippen LogP contribution in [-0.4, -0.2) is 11.8 Å². The largest absolute Gasteiger partial charge is 0.323 e. The van der Waals surface area contributed by atoms with Gasteiger partial charge in [-0.2, -0.15) is 0 Å². The summed E-state index contributed by atoms with van der Waals surface area (Å²) in [6.07, 6.45) is 5.94. The first-order chi connectivity index (χ1) is 15.3. The lowest BCUT2D eigenvalue weighted by Crippen LogP contribution is -2.09. The average molecular weight is 506 g/mol. The second kappa shape index (κ2) is 11.2. The third-order valence-corrected chi connectivity index (χ3v) is 5.30. The predicted octanol–water partition coefficient (Wildman–Crippen LogP) is 7.60. The van der Waals surface area contributed by atoms with Crippen LogP contribution < -0.4 is 10.6 Å². The third-order valence-electron chi connectivity index (χ3n) is 4.17. The molecule has 32 heavy (non-hydrogen) atoms. The second-order valence-corrected chi connectivity index (χ2v) is 8.24. The molecule has 3 aromatic carbocycles. The van der Waals surface area contributed by atoms with Gasteiger partial charge in [0.25, 0.3) is 0 Å². The molecule has 0 radical (unpaired) electrons. The highest BCUT2D eigenvalue weighted by molar-refractivity contribution is 6.36. The lowest BCUT2D eigenvalue weighted by Gasteiger charge is -2.06. The standard InChI is InChI=1S/C24H16Cl4N2O2/c25-17-5-1-15(21(27)13-17)3-11-23(31)29-19-7-9-20(10-8-19)30-24(32)12-4-16-2-6-18(26)14-22(16)28/h1-14H,(H,29,31)(H,30,32)/b11-3+,12-4+.